The third kappa shape index (κ3) is 6.62. The van der Waals surface area contributed by atoms with Crippen LogP contribution < -0.4 is 4.74 Å². The molecule has 1 aromatic carbocycles. The number of carbonyl (C=O) groups is 1. The van der Waals surface area contributed by atoms with Gasteiger partial charge in [0.15, 0.2) is 0 Å². The predicted octanol–water partition coefficient (Wildman–Crippen LogP) is 4.66. The summed E-state index contributed by atoms with van der Waals surface area (Å²) in [5, 5.41) is 9.45. The van der Waals surface area contributed by atoms with Crippen LogP contribution in [0.2, 0.25) is 0 Å². The Morgan fingerprint density at radius 3 is 2.46 bits per heavy atom. The Bertz CT molecular complexity index is 832. The first-order chi connectivity index (χ1) is 13.3. The van der Waals surface area contributed by atoms with Crippen LogP contribution in [0.5, 0.6) is 5.75 Å². The third-order valence-electron chi connectivity index (χ3n) is 4.23. The van der Waals surface area contributed by atoms with Crippen molar-refractivity contribution in [3.8, 4) is 17.6 Å². The van der Waals surface area contributed by atoms with Crippen LogP contribution in [0.4, 0.5) is 4.79 Å². The molecule has 1 amide bonds. The quantitative estimate of drug-likeness (QED) is 0.740. The Morgan fingerprint density at radius 1 is 1.18 bits per heavy atom. The zero-order chi connectivity index (χ0) is 20.6. The van der Waals surface area contributed by atoms with Crippen LogP contribution in [0, 0.1) is 17.3 Å². The van der Waals surface area contributed by atoms with Crippen LogP contribution in [-0.4, -0.2) is 40.3 Å². The number of ether oxygens (including phenoxy) is 1. The van der Waals surface area contributed by atoms with E-state index in [9.17, 15) is 9.90 Å². The first kappa shape index (κ1) is 21.3. The molecule has 0 bridgehead atoms. The first-order valence-corrected chi connectivity index (χ1v) is 9.46. The predicted molar refractivity (Wildman–Crippen MR) is 110 cm³/mol. The molecule has 0 aliphatic carbocycles. The molecule has 1 aromatic heterocycles. The molecule has 1 atom stereocenters. The summed E-state index contributed by atoms with van der Waals surface area (Å²) in [7, 11) is 0. The number of benzene rings is 1. The topological polar surface area (TPSA) is 62.7 Å². The molecule has 2 aromatic rings. The highest BCUT2D eigenvalue weighted by Crippen LogP contribution is 2.26. The number of carboxylic acid groups (broad SMARTS) is 1. The molecule has 0 saturated carbocycles. The minimum absolute atomic E-state index is 0.243. The van der Waals surface area contributed by atoms with Crippen molar-refractivity contribution in [2.75, 3.05) is 13.1 Å². The van der Waals surface area contributed by atoms with Crippen LogP contribution >= 0.6 is 0 Å². The van der Waals surface area contributed by atoms with E-state index in [1.54, 1.807) is 12.4 Å². The lowest BCUT2D eigenvalue weighted by molar-refractivity contribution is 0.0479. The molecule has 0 aliphatic rings. The van der Waals surface area contributed by atoms with Gasteiger partial charge in [0, 0.05) is 29.3 Å². The molecule has 1 unspecified atom stereocenters. The lowest BCUT2D eigenvalue weighted by Crippen LogP contribution is -2.45. The van der Waals surface area contributed by atoms with Crippen molar-refractivity contribution in [2.45, 2.75) is 40.2 Å². The Labute approximate surface area is 167 Å². The van der Waals surface area contributed by atoms with E-state index < -0.39 is 6.09 Å². The van der Waals surface area contributed by atoms with Crippen molar-refractivity contribution in [3.63, 3.8) is 0 Å². The summed E-state index contributed by atoms with van der Waals surface area (Å²) < 4.78 is 6.16. The molecule has 0 fully saturated rings. The molecular weight excluding hydrogens is 352 g/mol. The number of nitrogens with zero attached hydrogens (tertiary/aromatic N) is 2. The van der Waals surface area contributed by atoms with E-state index in [1.807, 2.05) is 64.1 Å². The molecule has 0 spiro atoms. The average molecular weight is 380 g/mol. The summed E-state index contributed by atoms with van der Waals surface area (Å²) in [6.07, 6.45) is 2.84. The fourth-order valence-corrected chi connectivity index (χ4v) is 2.60. The van der Waals surface area contributed by atoms with Gasteiger partial charge in [-0.2, -0.15) is 0 Å². The summed E-state index contributed by atoms with van der Waals surface area (Å²) in [4.78, 5) is 17.1. The monoisotopic (exact) mass is 380 g/mol. The SMILES string of the molecule is CCCN(CC(Oc1cncc(C#Cc2ccccc2)c1)C(C)(C)C)C(=O)O. The van der Waals surface area contributed by atoms with Gasteiger partial charge in [-0.3, -0.25) is 4.98 Å². The fourth-order valence-electron chi connectivity index (χ4n) is 2.60. The summed E-state index contributed by atoms with van der Waals surface area (Å²) >= 11 is 0. The summed E-state index contributed by atoms with van der Waals surface area (Å²) in [6.45, 7) is 8.85. The maximum Gasteiger partial charge on any atom is 0.407 e. The summed E-state index contributed by atoms with van der Waals surface area (Å²) in [6, 6.07) is 11.6. The maximum absolute atomic E-state index is 11.5. The van der Waals surface area contributed by atoms with E-state index in [4.69, 9.17) is 4.74 Å². The van der Waals surface area contributed by atoms with Crippen molar-refractivity contribution in [3.05, 3.63) is 59.9 Å². The second-order valence-corrected chi connectivity index (χ2v) is 7.73. The zero-order valence-corrected chi connectivity index (χ0v) is 17.0. The molecule has 1 N–H and O–H groups in total. The average Bonchev–Trinajstić information content (AvgIpc) is 2.65. The highest BCUT2D eigenvalue weighted by atomic mass is 16.5. The minimum Gasteiger partial charge on any atom is -0.486 e. The largest absolute Gasteiger partial charge is 0.486 e. The molecule has 5 nitrogen and oxygen atoms in total. The Kier molecular flexibility index (Phi) is 7.45. The van der Waals surface area contributed by atoms with E-state index in [-0.39, 0.29) is 11.5 Å². The van der Waals surface area contributed by atoms with Gasteiger partial charge >= 0.3 is 6.09 Å². The summed E-state index contributed by atoms with van der Waals surface area (Å²) in [5.74, 6) is 6.78. The molecule has 2 rings (SSSR count). The van der Waals surface area contributed by atoms with Gasteiger partial charge < -0.3 is 14.7 Å². The second kappa shape index (κ2) is 9.80. The Hall–Kier alpha value is -3.00. The van der Waals surface area contributed by atoms with Crippen molar-refractivity contribution in [1.82, 2.24) is 9.88 Å². The van der Waals surface area contributed by atoms with Crippen molar-refractivity contribution >= 4 is 6.09 Å². The molecule has 0 radical (unpaired) electrons. The van der Waals surface area contributed by atoms with Gasteiger partial charge in [-0.15, -0.1) is 0 Å². The van der Waals surface area contributed by atoms with Crippen LogP contribution in [0.15, 0.2) is 48.8 Å². The smallest absolute Gasteiger partial charge is 0.407 e. The Balaban J connectivity index is 2.18. The fraction of sp³-hybridized carbons (Fsp3) is 0.391. The first-order valence-electron chi connectivity index (χ1n) is 9.46. The van der Waals surface area contributed by atoms with Crippen LogP contribution in [0.1, 0.15) is 45.2 Å². The third-order valence-corrected chi connectivity index (χ3v) is 4.23. The van der Waals surface area contributed by atoms with Gasteiger partial charge in [-0.1, -0.05) is 57.7 Å². The lowest BCUT2D eigenvalue weighted by atomic mass is 9.88. The van der Waals surface area contributed by atoms with Gasteiger partial charge in [-0.05, 0) is 24.6 Å². The van der Waals surface area contributed by atoms with E-state index in [0.717, 1.165) is 17.5 Å². The molecule has 1 heterocycles. The van der Waals surface area contributed by atoms with Crippen LogP contribution in [-0.2, 0) is 0 Å². The molecule has 5 heteroatoms. The van der Waals surface area contributed by atoms with E-state index in [2.05, 4.69) is 16.8 Å². The number of rotatable bonds is 6. The van der Waals surface area contributed by atoms with Gasteiger partial charge in [-0.25, -0.2) is 4.79 Å². The van der Waals surface area contributed by atoms with Crippen molar-refractivity contribution in [2.24, 2.45) is 5.41 Å². The number of aromatic nitrogens is 1. The lowest BCUT2D eigenvalue weighted by Gasteiger charge is -2.34. The summed E-state index contributed by atoms with van der Waals surface area (Å²) in [5.41, 5.74) is 1.43. The van der Waals surface area contributed by atoms with Gasteiger partial charge in [0.25, 0.3) is 0 Å². The molecule has 28 heavy (non-hydrogen) atoms. The van der Waals surface area contributed by atoms with E-state index in [0.29, 0.717) is 18.8 Å². The zero-order valence-electron chi connectivity index (χ0n) is 17.0. The second-order valence-electron chi connectivity index (χ2n) is 7.73. The standard InChI is InChI=1S/C23H28N2O3/c1-5-13-25(22(26)27)17-21(23(2,3)4)28-20-14-19(15-24-16-20)12-11-18-9-7-6-8-10-18/h6-10,14-16,21H,5,13,17H2,1-4H3,(H,26,27). The van der Waals surface area contributed by atoms with Crippen LogP contribution in [0.3, 0.4) is 0 Å². The Morgan fingerprint density at radius 2 is 1.86 bits per heavy atom. The van der Waals surface area contributed by atoms with Gasteiger partial charge in [0.05, 0.1) is 12.7 Å². The molecular formula is C23H28N2O3. The maximum atomic E-state index is 11.5. The molecule has 0 saturated heterocycles. The number of hydrogen-bond donors (Lipinski definition) is 1. The molecule has 148 valence electrons. The van der Waals surface area contributed by atoms with Gasteiger partial charge in [0.1, 0.15) is 11.9 Å². The number of hydrogen-bond acceptors (Lipinski definition) is 3. The van der Waals surface area contributed by atoms with Crippen molar-refractivity contribution in [1.29, 1.82) is 0 Å². The van der Waals surface area contributed by atoms with Crippen molar-refractivity contribution < 1.29 is 14.6 Å². The van der Waals surface area contributed by atoms with Crippen LogP contribution in [0.25, 0.3) is 0 Å². The highest BCUT2D eigenvalue weighted by Gasteiger charge is 2.30. The molecule has 0 aliphatic heterocycles. The van der Waals surface area contributed by atoms with Gasteiger partial charge in [0.2, 0.25) is 0 Å². The highest BCUT2D eigenvalue weighted by molar-refractivity contribution is 5.65. The van der Waals surface area contributed by atoms with E-state index in [1.165, 1.54) is 4.90 Å². The minimum atomic E-state index is -0.930. The number of amides is 1. The van der Waals surface area contributed by atoms with E-state index >= 15 is 0 Å². The number of pyridine rings is 1. The normalized spacial score (nSPS) is 11.9.